The summed E-state index contributed by atoms with van der Waals surface area (Å²) in [6.45, 7) is 0.323. The molecule has 0 spiro atoms. The number of hydrogen-bond acceptors (Lipinski definition) is 6. The van der Waals surface area contributed by atoms with Crippen LogP contribution in [0, 0.1) is 5.41 Å². The first-order chi connectivity index (χ1) is 7.49. The lowest BCUT2D eigenvalue weighted by Gasteiger charge is -2.26. The summed E-state index contributed by atoms with van der Waals surface area (Å²) in [5.74, 6) is -0.544. The molecule has 0 amide bonds. The lowest BCUT2D eigenvalue weighted by atomic mass is 9.88. The minimum Gasteiger partial charge on any atom is -0.466 e. The molecule has 96 valence electrons. The van der Waals surface area contributed by atoms with Crippen molar-refractivity contribution < 1.29 is 30.0 Å². The van der Waals surface area contributed by atoms with E-state index in [2.05, 4.69) is 0 Å². The zero-order valence-corrected chi connectivity index (χ0v) is 9.43. The minimum absolute atomic E-state index is 0.00671. The third-order valence-electron chi connectivity index (χ3n) is 2.36. The van der Waals surface area contributed by atoms with Gasteiger partial charge >= 0.3 is 5.97 Å². The van der Waals surface area contributed by atoms with Gasteiger partial charge < -0.3 is 25.2 Å². The Bertz CT molecular complexity index is 191. The molecule has 0 heterocycles. The van der Waals surface area contributed by atoms with E-state index in [9.17, 15) is 4.79 Å². The van der Waals surface area contributed by atoms with Crippen LogP contribution in [0.3, 0.4) is 0 Å². The molecule has 0 saturated carbocycles. The maximum atomic E-state index is 11.0. The molecule has 0 aliphatic rings. The van der Waals surface area contributed by atoms with Crippen molar-refractivity contribution in [2.75, 3.05) is 26.4 Å². The fourth-order valence-electron chi connectivity index (χ4n) is 1.07. The van der Waals surface area contributed by atoms with Gasteiger partial charge in [0, 0.05) is 5.41 Å². The van der Waals surface area contributed by atoms with E-state index in [1.807, 2.05) is 0 Å². The first-order valence-electron chi connectivity index (χ1n) is 5.16. The summed E-state index contributed by atoms with van der Waals surface area (Å²) in [6.07, 6.45) is -0.683. The summed E-state index contributed by atoms with van der Waals surface area (Å²) in [7, 11) is 0. The number of ether oxygens (including phenoxy) is 1. The molecule has 0 aliphatic heterocycles. The van der Waals surface area contributed by atoms with Crippen LogP contribution >= 0.6 is 0 Å². The zero-order chi connectivity index (χ0) is 12.6. The van der Waals surface area contributed by atoms with Crippen LogP contribution in [-0.2, 0) is 9.53 Å². The van der Waals surface area contributed by atoms with Gasteiger partial charge in [0.25, 0.3) is 0 Å². The second-order valence-electron chi connectivity index (χ2n) is 4.00. The predicted molar refractivity (Wildman–Crippen MR) is 55.6 cm³/mol. The molecule has 0 aromatic carbocycles. The standard InChI is InChI=1S/C10H20O6/c1-8(14)4-9(15)16-3-2-10(5-11,6-12)7-13/h8,11-14H,2-7H2,1H3. The number of carbonyl (C=O) groups excluding carboxylic acids is 1. The molecule has 0 rings (SSSR count). The summed E-state index contributed by atoms with van der Waals surface area (Å²) in [6, 6.07) is 0. The van der Waals surface area contributed by atoms with E-state index in [-0.39, 0.29) is 39.3 Å². The first-order valence-corrected chi connectivity index (χ1v) is 5.16. The van der Waals surface area contributed by atoms with Crippen molar-refractivity contribution in [1.29, 1.82) is 0 Å². The van der Waals surface area contributed by atoms with Gasteiger partial charge in [-0.1, -0.05) is 0 Å². The normalized spacial score (nSPS) is 13.6. The van der Waals surface area contributed by atoms with E-state index in [1.165, 1.54) is 6.92 Å². The molecule has 0 fully saturated rings. The van der Waals surface area contributed by atoms with E-state index in [4.69, 9.17) is 25.2 Å². The summed E-state index contributed by atoms with van der Waals surface area (Å²) in [5.41, 5.74) is -1.02. The number of aliphatic hydroxyl groups excluding tert-OH is 4. The van der Waals surface area contributed by atoms with Gasteiger partial charge in [-0.25, -0.2) is 0 Å². The lowest BCUT2D eigenvalue weighted by molar-refractivity contribution is -0.147. The molecule has 4 N–H and O–H groups in total. The highest BCUT2D eigenvalue weighted by Crippen LogP contribution is 2.19. The fourth-order valence-corrected chi connectivity index (χ4v) is 1.07. The molecule has 0 saturated heterocycles. The second-order valence-corrected chi connectivity index (χ2v) is 4.00. The monoisotopic (exact) mass is 236 g/mol. The number of esters is 1. The van der Waals surface area contributed by atoms with Crippen molar-refractivity contribution >= 4 is 5.97 Å². The second kappa shape index (κ2) is 7.56. The highest BCUT2D eigenvalue weighted by Gasteiger charge is 2.28. The molecule has 1 atom stereocenters. The largest absolute Gasteiger partial charge is 0.466 e. The highest BCUT2D eigenvalue weighted by atomic mass is 16.5. The zero-order valence-electron chi connectivity index (χ0n) is 9.43. The Morgan fingerprint density at radius 1 is 1.25 bits per heavy atom. The lowest BCUT2D eigenvalue weighted by Crippen LogP contribution is -2.35. The molecule has 6 heteroatoms. The molecular formula is C10H20O6. The number of carbonyl (C=O) groups is 1. The van der Waals surface area contributed by atoms with E-state index >= 15 is 0 Å². The Balaban J connectivity index is 3.91. The number of aliphatic hydroxyl groups is 4. The molecule has 0 aromatic heterocycles. The van der Waals surface area contributed by atoms with Crippen LogP contribution in [-0.4, -0.2) is 58.9 Å². The van der Waals surface area contributed by atoms with Crippen LogP contribution in [0.5, 0.6) is 0 Å². The molecule has 16 heavy (non-hydrogen) atoms. The summed E-state index contributed by atoms with van der Waals surface area (Å²) in [4.78, 5) is 11.0. The van der Waals surface area contributed by atoms with Crippen molar-refractivity contribution in [3.05, 3.63) is 0 Å². The summed E-state index contributed by atoms with van der Waals surface area (Å²) in [5, 5.41) is 35.9. The van der Waals surface area contributed by atoms with E-state index < -0.39 is 17.5 Å². The van der Waals surface area contributed by atoms with E-state index in [1.54, 1.807) is 0 Å². The van der Waals surface area contributed by atoms with Crippen molar-refractivity contribution in [3.8, 4) is 0 Å². The third-order valence-corrected chi connectivity index (χ3v) is 2.36. The highest BCUT2D eigenvalue weighted by molar-refractivity contribution is 5.69. The van der Waals surface area contributed by atoms with Gasteiger partial charge in [0.1, 0.15) is 0 Å². The SMILES string of the molecule is CC(O)CC(=O)OCCC(CO)(CO)CO. The first kappa shape index (κ1) is 15.3. The molecule has 0 aromatic rings. The average Bonchev–Trinajstić information content (AvgIpc) is 2.24. The molecular weight excluding hydrogens is 216 g/mol. The van der Waals surface area contributed by atoms with Crippen LogP contribution < -0.4 is 0 Å². The van der Waals surface area contributed by atoms with Crippen molar-refractivity contribution in [1.82, 2.24) is 0 Å². The quantitative estimate of drug-likeness (QED) is 0.388. The molecule has 0 bridgehead atoms. The van der Waals surface area contributed by atoms with Crippen molar-refractivity contribution in [3.63, 3.8) is 0 Å². The Labute approximate surface area is 94.5 Å². The molecule has 1 unspecified atom stereocenters. The molecule has 0 aliphatic carbocycles. The smallest absolute Gasteiger partial charge is 0.308 e. The van der Waals surface area contributed by atoms with Crippen molar-refractivity contribution in [2.24, 2.45) is 5.41 Å². The van der Waals surface area contributed by atoms with Crippen molar-refractivity contribution in [2.45, 2.75) is 25.9 Å². The van der Waals surface area contributed by atoms with Gasteiger partial charge in [0.15, 0.2) is 0 Å². The van der Waals surface area contributed by atoms with Crippen LogP contribution in [0.4, 0.5) is 0 Å². The van der Waals surface area contributed by atoms with Crippen LogP contribution in [0.2, 0.25) is 0 Å². The third kappa shape index (κ3) is 5.41. The summed E-state index contributed by atoms with van der Waals surface area (Å²) < 4.78 is 4.78. The maximum absolute atomic E-state index is 11.0. The molecule has 0 radical (unpaired) electrons. The average molecular weight is 236 g/mol. The minimum atomic E-state index is -1.02. The molecule has 6 nitrogen and oxygen atoms in total. The van der Waals surface area contributed by atoms with Gasteiger partial charge in [-0.2, -0.15) is 0 Å². The number of hydrogen-bond donors (Lipinski definition) is 4. The Morgan fingerprint density at radius 3 is 2.12 bits per heavy atom. The number of rotatable bonds is 8. The van der Waals surface area contributed by atoms with Crippen LogP contribution in [0.25, 0.3) is 0 Å². The van der Waals surface area contributed by atoms with Gasteiger partial charge in [-0.05, 0) is 13.3 Å². The van der Waals surface area contributed by atoms with E-state index in [0.29, 0.717) is 0 Å². The maximum Gasteiger partial charge on any atom is 0.308 e. The van der Waals surface area contributed by atoms with Crippen LogP contribution in [0.15, 0.2) is 0 Å². The summed E-state index contributed by atoms with van der Waals surface area (Å²) >= 11 is 0. The van der Waals surface area contributed by atoms with Gasteiger partial charge in [-0.3, -0.25) is 4.79 Å². The van der Waals surface area contributed by atoms with E-state index in [0.717, 1.165) is 0 Å². The Kier molecular flexibility index (Phi) is 7.24. The van der Waals surface area contributed by atoms with Crippen LogP contribution in [0.1, 0.15) is 19.8 Å². The predicted octanol–water partition coefficient (Wildman–Crippen LogP) is -1.35. The van der Waals surface area contributed by atoms with Gasteiger partial charge in [0.2, 0.25) is 0 Å². The fraction of sp³-hybridized carbons (Fsp3) is 0.900. The Morgan fingerprint density at radius 2 is 1.75 bits per heavy atom. The van der Waals surface area contributed by atoms with Gasteiger partial charge in [0.05, 0.1) is 39.0 Å². The van der Waals surface area contributed by atoms with Gasteiger partial charge in [-0.15, -0.1) is 0 Å². The topological polar surface area (TPSA) is 107 Å². The Hall–Kier alpha value is -0.690.